The molecule has 2 amide bonds. The van der Waals surface area contributed by atoms with E-state index in [4.69, 9.17) is 0 Å². The van der Waals surface area contributed by atoms with Crippen LogP contribution >= 0.6 is 0 Å². The molecular weight excluding hydrogens is 276 g/mol. The molecule has 1 saturated heterocycles. The molecule has 1 aliphatic carbocycles. The predicted octanol–water partition coefficient (Wildman–Crippen LogP) is 2.11. The van der Waals surface area contributed by atoms with Crippen LogP contribution in [0.25, 0.3) is 0 Å². The number of hydrogen-bond donors (Lipinski definition) is 0. The van der Waals surface area contributed by atoms with E-state index in [-0.39, 0.29) is 30.4 Å². The minimum Gasteiger partial charge on any atom is -0.329 e. The molecule has 0 spiro atoms. The number of carbonyl (C=O) groups is 2. The molecule has 0 radical (unpaired) electrons. The van der Waals surface area contributed by atoms with Crippen molar-refractivity contribution in [1.82, 2.24) is 9.80 Å². The van der Waals surface area contributed by atoms with Gasteiger partial charge in [0, 0.05) is 19.0 Å². The minimum atomic E-state index is -0.280. The van der Waals surface area contributed by atoms with Gasteiger partial charge in [-0.15, -0.1) is 0 Å². The number of carbonyl (C=O) groups excluding carboxylic acids is 2. The third-order valence-corrected chi connectivity index (χ3v) is 5.46. The van der Waals surface area contributed by atoms with Crippen LogP contribution in [0.4, 0.5) is 0 Å². The molecule has 2 aliphatic heterocycles. The molecular formula is C18H22N2O2. The summed E-state index contributed by atoms with van der Waals surface area (Å²) in [6.45, 7) is 0.867. The van der Waals surface area contributed by atoms with E-state index in [0.29, 0.717) is 13.0 Å². The number of rotatable bonds is 1. The van der Waals surface area contributed by atoms with Crippen LogP contribution in [-0.4, -0.2) is 40.2 Å². The van der Waals surface area contributed by atoms with Crippen molar-refractivity contribution in [3.8, 4) is 0 Å². The number of benzene rings is 1. The normalized spacial score (nSPS) is 25.9. The summed E-state index contributed by atoms with van der Waals surface area (Å²) in [5, 5.41) is 0. The number of amides is 2. The van der Waals surface area contributed by atoms with E-state index in [1.165, 1.54) is 30.4 Å². The highest BCUT2D eigenvalue weighted by atomic mass is 16.2. The van der Waals surface area contributed by atoms with Crippen LogP contribution in [0.15, 0.2) is 24.3 Å². The molecule has 1 saturated carbocycles. The van der Waals surface area contributed by atoms with E-state index in [0.717, 1.165) is 12.8 Å². The van der Waals surface area contributed by atoms with Crippen molar-refractivity contribution in [1.29, 1.82) is 0 Å². The first-order chi connectivity index (χ1) is 10.7. The van der Waals surface area contributed by atoms with Crippen molar-refractivity contribution in [2.45, 2.75) is 57.2 Å². The third-order valence-electron chi connectivity index (χ3n) is 5.46. The SMILES string of the molecule is O=C1[C@H]2Cc3ccccc3CN2C(=O)CN1C1CCCCC1. The quantitative estimate of drug-likeness (QED) is 0.797. The van der Waals surface area contributed by atoms with Gasteiger partial charge >= 0.3 is 0 Å². The summed E-state index contributed by atoms with van der Waals surface area (Å²) in [5.41, 5.74) is 2.40. The second-order valence-corrected chi connectivity index (χ2v) is 6.77. The van der Waals surface area contributed by atoms with Crippen molar-refractivity contribution >= 4 is 11.8 Å². The molecule has 3 aliphatic rings. The molecule has 0 unspecified atom stereocenters. The smallest absolute Gasteiger partial charge is 0.246 e. The Morgan fingerprint density at radius 1 is 0.864 bits per heavy atom. The van der Waals surface area contributed by atoms with E-state index in [1.807, 2.05) is 17.0 Å². The molecule has 2 fully saturated rings. The largest absolute Gasteiger partial charge is 0.329 e. The molecule has 1 atom stereocenters. The molecule has 1 aromatic rings. The number of fused-ring (bicyclic) bond motifs is 2. The van der Waals surface area contributed by atoms with Gasteiger partial charge in [0.25, 0.3) is 0 Å². The zero-order valence-corrected chi connectivity index (χ0v) is 12.8. The maximum absolute atomic E-state index is 12.9. The second-order valence-electron chi connectivity index (χ2n) is 6.77. The van der Waals surface area contributed by atoms with Gasteiger partial charge in [-0.05, 0) is 24.0 Å². The average molecular weight is 298 g/mol. The van der Waals surface area contributed by atoms with Gasteiger partial charge < -0.3 is 9.80 Å². The Morgan fingerprint density at radius 3 is 2.36 bits per heavy atom. The van der Waals surface area contributed by atoms with E-state index >= 15 is 0 Å². The van der Waals surface area contributed by atoms with E-state index in [1.54, 1.807) is 4.90 Å². The zero-order valence-electron chi connectivity index (χ0n) is 12.8. The highest BCUT2D eigenvalue weighted by Gasteiger charge is 2.43. The first kappa shape index (κ1) is 13.8. The molecule has 0 bridgehead atoms. The fraction of sp³-hybridized carbons (Fsp3) is 0.556. The van der Waals surface area contributed by atoms with E-state index in [2.05, 4.69) is 12.1 Å². The number of piperazine rings is 1. The van der Waals surface area contributed by atoms with Crippen molar-refractivity contribution in [3.05, 3.63) is 35.4 Å². The summed E-state index contributed by atoms with van der Waals surface area (Å²) >= 11 is 0. The van der Waals surface area contributed by atoms with Crippen LogP contribution in [0.2, 0.25) is 0 Å². The maximum Gasteiger partial charge on any atom is 0.246 e. The zero-order chi connectivity index (χ0) is 15.1. The van der Waals surface area contributed by atoms with Crippen LogP contribution in [0.1, 0.15) is 43.2 Å². The lowest BCUT2D eigenvalue weighted by atomic mass is 9.89. The van der Waals surface area contributed by atoms with Crippen LogP contribution in [0.3, 0.4) is 0 Å². The van der Waals surface area contributed by atoms with E-state index in [9.17, 15) is 9.59 Å². The molecule has 0 N–H and O–H groups in total. The van der Waals surface area contributed by atoms with Gasteiger partial charge in [0.1, 0.15) is 12.6 Å². The first-order valence-corrected chi connectivity index (χ1v) is 8.41. The van der Waals surface area contributed by atoms with Gasteiger partial charge in [-0.2, -0.15) is 0 Å². The topological polar surface area (TPSA) is 40.6 Å². The summed E-state index contributed by atoms with van der Waals surface area (Å²) in [5.74, 6) is 0.283. The second kappa shape index (κ2) is 5.41. The van der Waals surface area contributed by atoms with Crippen molar-refractivity contribution < 1.29 is 9.59 Å². The van der Waals surface area contributed by atoms with Crippen LogP contribution in [0.5, 0.6) is 0 Å². The van der Waals surface area contributed by atoms with E-state index < -0.39 is 0 Å². The van der Waals surface area contributed by atoms with Crippen molar-refractivity contribution in [3.63, 3.8) is 0 Å². The fourth-order valence-electron chi connectivity index (χ4n) is 4.21. The molecule has 4 rings (SSSR count). The Labute approximate surface area is 131 Å². The predicted molar refractivity (Wildman–Crippen MR) is 83.1 cm³/mol. The molecule has 0 aromatic heterocycles. The van der Waals surface area contributed by atoms with Crippen LogP contribution in [0, 0.1) is 0 Å². The highest BCUT2D eigenvalue weighted by molar-refractivity contribution is 5.95. The lowest BCUT2D eigenvalue weighted by molar-refractivity contribution is -0.160. The summed E-state index contributed by atoms with van der Waals surface area (Å²) in [7, 11) is 0. The lowest BCUT2D eigenvalue weighted by Gasteiger charge is -2.46. The summed E-state index contributed by atoms with van der Waals surface area (Å²) in [4.78, 5) is 29.2. The number of hydrogen-bond acceptors (Lipinski definition) is 2. The monoisotopic (exact) mass is 298 g/mol. The Hall–Kier alpha value is -1.84. The van der Waals surface area contributed by atoms with Gasteiger partial charge in [0.2, 0.25) is 11.8 Å². The molecule has 2 heterocycles. The standard InChI is InChI=1S/C18H22N2O2/c21-17-12-19(15-8-2-1-3-9-15)18(22)16-10-13-6-4-5-7-14(13)11-20(16)17/h4-7,15-16H,1-3,8-12H2/t16-/m1/s1. The first-order valence-electron chi connectivity index (χ1n) is 8.41. The van der Waals surface area contributed by atoms with Crippen LogP contribution < -0.4 is 0 Å². The molecule has 1 aromatic carbocycles. The molecule has 116 valence electrons. The molecule has 4 nitrogen and oxygen atoms in total. The van der Waals surface area contributed by atoms with Gasteiger partial charge in [-0.1, -0.05) is 43.5 Å². The van der Waals surface area contributed by atoms with Crippen molar-refractivity contribution in [2.75, 3.05) is 6.54 Å². The summed E-state index contributed by atoms with van der Waals surface area (Å²) < 4.78 is 0. The molecule has 22 heavy (non-hydrogen) atoms. The summed E-state index contributed by atoms with van der Waals surface area (Å²) in [6, 6.07) is 8.18. The minimum absolute atomic E-state index is 0.115. The van der Waals surface area contributed by atoms with Gasteiger partial charge in [-0.25, -0.2) is 0 Å². The Kier molecular flexibility index (Phi) is 3.40. The van der Waals surface area contributed by atoms with Gasteiger partial charge in [-0.3, -0.25) is 9.59 Å². The average Bonchev–Trinajstić information content (AvgIpc) is 2.57. The van der Waals surface area contributed by atoms with Gasteiger partial charge in [0.15, 0.2) is 0 Å². The highest BCUT2D eigenvalue weighted by Crippen LogP contribution is 2.31. The Balaban J connectivity index is 1.60. The molecule has 4 heteroatoms. The Morgan fingerprint density at radius 2 is 1.59 bits per heavy atom. The van der Waals surface area contributed by atoms with Crippen LogP contribution in [-0.2, 0) is 22.6 Å². The Bertz CT molecular complexity index is 607. The third kappa shape index (κ3) is 2.21. The van der Waals surface area contributed by atoms with Crippen molar-refractivity contribution in [2.24, 2.45) is 0 Å². The van der Waals surface area contributed by atoms with Gasteiger partial charge in [0.05, 0.1) is 0 Å². The number of nitrogens with zero attached hydrogens (tertiary/aromatic N) is 2. The summed E-state index contributed by atoms with van der Waals surface area (Å²) in [6.07, 6.45) is 6.41. The lowest BCUT2D eigenvalue weighted by Crippen LogP contribution is -2.63. The maximum atomic E-state index is 12.9. The fourth-order valence-corrected chi connectivity index (χ4v) is 4.21.